The van der Waals surface area contributed by atoms with Gasteiger partial charge in [0.15, 0.2) is 5.82 Å². The summed E-state index contributed by atoms with van der Waals surface area (Å²) in [5, 5.41) is 12.1. The van der Waals surface area contributed by atoms with Crippen molar-refractivity contribution in [1.82, 2.24) is 20.1 Å². The summed E-state index contributed by atoms with van der Waals surface area (Å²) in [6, 6.07) is 10.6. The van der Waals surface area contributed by atoms with Crippen molar-refractivity contribution in [3.63, 3.8) is 0 Å². The van der Waals surface area contributed by atoms with Gasteiger partial charge in [0.25, 0.3) is 0 Å². The van der Waals surface area contributed by atoms with E-state index in [4.69, 9.17) is 0 Å². The molecule has 0 saturated carbocycles. The number of para-hydroxylation sites is 1. The van der Waals surface area contributed by atoms with Crippen LogP contribution >= 0.6 is 0 Å². The molecular weight excluding hydrogens is 224 g/mol. The predicted octanol–water partition coefficient (Wildman–Crippen LogP) is 2.25. The molecule has 2 aromatic rings. The van der Waals surface area contributed by atoms with Crippen LogP contribution in [-0.2, 0) is 0 Å². The Morgan fingerprint density at radius 1 is 1.22 bits per heavy atom. The Labute approximate surface area is 107 Å². The standard InChI is InChI=1S/C14H18N4/c1-10-8-9-15-13(10)14-17-16-11(2)18(14)12-6-4-3-5-7-12/h3-7,10,13,15H,8-9H2,1-2H3. The molecule has 94 valence electrons. The Balaban J connectivity index is 2.07. The van der Waals surface area contributed by atoms with Gasteiger partial charge in [-0.15, -0.1) is 10.2 Å². The second kappa shape index (κ2) is 4.53. The molecule has 2 atom stereocenters. The summed E-state index contributed by atoms with van der Waals surface area (Å²) >= 11 is 0. The van der Waals surface area contributed by atoms with Gasteiger partial charge in [0.1, 0.15) is 5.82 Å². The lowest BCUT2D eigenvalue weighted by molar-refractivity contribution is 0.472. The summed E-state index contributed by atoms with van der Waals surface area (Å²) in [6.07, 6.45) is 1.20. The van der Waals surface area contributed by atoms with E-state index in [0.29, 0.717) is 12.0 Å². The van der Waals surface area contributed by atoms with Gasteiger partial charge in [-0.3, -0.25) is 4.57 Å². The maximum Gasteiger partial charge on any atom is 0.155 e. The molecule has 0 radical (unpaired) electrons. The molecule has 1 fully saturated rings. The molecule has 2 heterocycles. The van der Waals surface area contributed by atoms with Crippen molar-refractivity contribution in [1.29, 1.82) is 0 Å². The highest BCUT2D eigenvalue weighted by Gasteiger charge is 2.29. The topological polar surface area (TPSA) is 42.7 Å². The average Bonchev–Trinajstić information content (AvgIpc) is 2.96. The summed E-state index contributed by atoms with van der Waals surface area (Å²) in [4.78, 5) is 0. The van der Waals surface area contributed by atoms with E-state index in [2.05, 4.69) is 39.1 Å². The van der Waals surface area contributed by atoms with Gasteiger partial charge >= 0.3 is 0 Å². The first-order valence-electron chi connectivity index (χ1n) is 6.48. The first kappa shape index (κ1) is 11.4. The SMILES string of the molecule is Cc1nnc(C2NCCC2C)n1-c1ccccc1. The Kier molecular flexibility index (Phi) is 2.88. The van der Waals surface area contributed by atoms with Crippen LogP contribution in [0.5, 0.6) is 0 Å². The summed E-state index contributed by atoms with van der Waals surface area (Å²) in [6.45, 7) is 5.33. The van der Waals surface area contributed by atoms with Gasteiger partial charge in [-0.2, -0.15) is 0 Å². The molecule has 1 aromatic carbocycles. The van der Waals surface area contributed by atoms with Crippen LogP contribution in [0.25, 0.3) is 5.69 Å². The monoisotopic (exact) mass is 242 g/mol. The van der Waals surface area contributed by atoms with E-state index >= 15 is 0 Å². The Hall–Kier alpha value is -1.68. The molecular formula is C14H18N4. The minimum atomic E-state index is 0.311. The van der Waals surface area contributed by atoms with E-state index < -0.39 is 0 Å². The fourth-order valence-electron chi connectivity index (χ4n) is 2.66. The molecule has 0 bridgehead atoms. The summed E-state index contributed by atoms with van der Waals surface area (Å²) in [5.74, 6) is 2.58. The predicted molar refractivity (Wildman–Crippen MR) is 70.6 cm³/mol. The molecule has 3 rings (SSSR count). The second-order valence-corrected chi connectivity index (χ2v) is 4.97. The molecule has 1 N–H and O–H groups in total. The van der Waals surface area contributed by atoms with Crippen molar-refractivity contribution in [3.05, 3.63) is 42.0 Å². The molecule has 1 aliphatic rings. The third-order valence-electron chi connectivity index (χ3n) is 3.68. The zero-order valence-corrected chi connectivity index (χ0v) is 10.8. The largest absolute Gasteiger partial charge is 0.307 e. The number of aryl methyl sites for hydroxylation is 1. The Bertz CT molecular complexity index is 532. The van der Waals surface area contributed by atoms with E-state index in [1.54, 1.807) is 0 Å². The molecule has 0 spiro atoms. The fourth-order valence-corrected chi connectivity index (χ4v) is 2.66. The number of aromatic nitrogens is 3. The molecule has 2 unspecified atom stereocenters. The fraction of sp³-hybridized carbons (Fsp3) is 0.429. The molecule has 1 saturated heterocycles. The van der Waals surface area contributed by atoms with Crippen molar-refractivity contribution in [2.24, 2.45) is 5.92 Å². The number of rotatable bonds is 2. The van der Waals surface area contributed by atoms with E-state index in [-0.39, 0.29) is 0 Å². The lowest BCUT2D eigenvalue weighted by Crippen LogP contribution is -2.21. The molecule has 1 aromatic heterocycles. The molecule has 0 aliphatic carbocycles. The normalized spacial score (nSPS) is 23.4. The first-order valence-corrected chi connectivity index (χ1v) is 6.48. The minimum Gasteiger partial charge on any atom is -0.307 e. The van der Waals surface area contributed by atoms with Gasteiger partial charge in [0.05, 0.1) is 6.04 Å². The summed E-state index contributed by atoms with van der Waals surface area (Å²) in [7, 11) is 0. The van der Waals surface area contributed by atoms with Gasteiger partial charge in [-0.1, -0.05) is 25.1 Å². The van der Waals surface area contributed by atoms with E-state index in [9.17, 15) is 0 Å². The van der Waals surface area contributed by atoms with E-state index in [1.807, 2.05) is 25.1 Å². The number of hydrogen-bond acceptors (Lipinski definition) is 3. The molecule has 1 aliphatic heterocycles. The van der Waals surface area contributed by atoms with Crippen molar-refractivity contribution in [2.75, 3.05) is 6.54 Å². The zero-order chi connectivity index (χ0) is 12.5. The molecule has 4 heteroatoms. The van der Waals surface area contributed by atoms with Gasteiger partial charge in [0, 0.05) is 5.69 Å². The maximum atomic E-state index is 4.37. The molecule has 4 nitrogen and oxygen atoms in total. The highest BCUT2D eigenvalue weighted by Crippen LogP contribution is 2.29. The molecule has 18 heavy (non-hydrogen) atoms. The highest BCUT2D eigenvalue weighted by molar-refractivity contribution is 5.34. The lowest BCUT2D eigenvalue weighted by atomic mass is 10.0. The van der Waals surface area contributed by atoms with Crippen molar-refractivity contribution in [2.45, 2.75) is 26.3 Å². The third kappa shape index (κ3) is 1.82. The number of nitrogens with one attached hydrogen (secondary N) is 1. The molecule has 0 amide bonds. The van der Waals surface area contributed by atoms with Crippen molar-refractivity contribution < 1.29 is 0 Å². The van der Waals surface area contributed by atoms with Gasteiger partial charge in [-0.25, -0.2) is 0 Å². The zero-order valence-electron chi connectivity index (χ0n) is 10.8. The van der Waals surface area contributed by atoms with Crippen LogP contribution in [0.1, 0.15) is 31.0 Å². The highest BCUT2D eigenvalue weighted by atomic mass is 15.3. The Morgan fingerprint density at radius 3 is 2.67 bits per heavy atom. The smallest absolute Gasteiger partial charge is 0.155 e. The van der Waals surface area contributed by atoms with Crippen LogP contribution in [0.2, 0.25) is 0 Å². The third-order valence-corrected chi connectivity index (χ3v) is 3.68. The van der Waals surface area contributed by atoms with Crippen LogP contribution in [0.15, 0.2) is 30.3 Å². The average molecular weight is 242 g/mol. The number of hydrogen-bond donors (Lipinski definition) is 1. The summed E-state index contributed by atoms with van der Waals surface area (Å²) in [5.41, 5.74) is 1.14. The first-order chi connectivity index (χ1) is 8.77. The van der Waals surface area contributed by atoms with Gasteiger partial charge in [0.2, 0.25) is 0 Å². The Morgan fingerprint density at radius 2 is 2.00 bits per heavy atom. The number of benzene rings is 1. The van der Waals surface area contributed by atoms with Crippen molar-refractivity contribution in [3.8, 4) is 5.69 Å². The van der Waals surface area contributed by atoms with Crippen LogP contribution in [0.4, 0.5) is 0 Å². The van der Waals surface area contributed by atoms with Crippen LogP contribution in [-0.4, -0.2) is 21.3 Å². The minimum absolute atomic E-state index is 0.311. The lowest BCUT2D eigenvalue weighted by Gasteiger charge is -2.17. The van der Waals surface area contributed by atoms with Gasteiger partial charge in [-0.05, 0) is 37.9 Å². The van der Waals surface area contributed by atoms with E-state index in [0.717, 1.165) is 23.9 Å². The van der Waals surface area contributed by atoms with Crippen molar-refractivity contribution >= 4 is 0 Å². The summed E-state index contributed by atoms with van der Waals surface area (Å²) < 4.78 is 2.15. The van der Waals surface area contributed by atoms with Crippen LogP contribution in [0.3, 0.4) is 0 Å². The number of nitrogens with zero attached hydrogens (tertiary/aromatic N) is 3. The van der Waals surface area contributed by atoms with E-state index in [1.165, 1.54) is 6.42 Å². The van der Waals surface area contributed by atoms with Gasteiger partial charge < -0.3 is 5.32 Å². The van der Waals surface area contributed by atoms with Crippen LogP contribution < -0.4 is 5.32 Å². The maximum absolute atomic E-state index is 4.37. The second-order valence-electron chi connectivity index (χ2n) is 4.97. The quantitative estimate of drug-likeness (QED) is 0.878. The van der Waals surface area contributed by atoms with Crippen LogP contribution in [0, 0.1) is 12.8 Å².